The fraction of sp³-hybridized carbons (Fsp3) is 0.412. The number of carbonyl (C=O) groups is 2. The molecule has 1 saturated heterocycles. The van der Waals surface area contributed by atoms with E-state index in [-0.39, 0.29) is 42.2 Å². The van der Waals surface area contributed by atoms with Crippen molar-refractivity contribution < 1.29 is 9.59 Å². The van der Waals surface area contributed by atoms with Gasteiger partial charge in [-0.15, -0.1) is 0 Å². The standard InChI is InChI=1S/C17H17BrN2O2/c1-9-6-12(18)4-5-13(9)19-8-20-16(21)14-10-2-3-11(7-10)15(14)17(20)22/h2-6,10-11,14-15,19H,7-8H2,1H3/t10-,11-,14-,15+/m0/s1. The van der Waals surface area contributed by atoms with Crippen molar-refractivity contribution in [3.05, 3.63) is 40.4 Å². The first-order valence-corrected chi connectivity index (χ1v) is 8.39. The Morgan fingerprint density at radius 2 is 1.82 bits per heavy atom. The van der Waals surface area contributed by atoms with Crippen LogP contribution in [-0.2, 0) is 9.59 Å². The number of fused-ring (bicyclic) bond motifs is 5. The maximum atomic E-state index is 12.6. The lowest BCUT2D eigenvalue weighted by Gasteiger charge is -2.19. The molecule has 4 rings (SSSR count). The number of allylic oxidation sites excluding steroid dienone is 2. The van der Waals surface area contributed by atoms with Crippen molar-refractivity contribution in [1.82, 2.24) is 4.90 Å². The van der Waals surface area contributed by atoms with Gasteiger partial charge in [-0.25, -0.2) is 0 Å². The first-order valence-electron chi connectivity index (χ1n) is 7.60. The van der Waals surface area contributed by atoms with Crippen LogP contribution in [0, 0.1) is 30.6 Å². The van der Waals surface area contributed by atoms with Crippen molar-refractivity contribution in [2.45, 2.75) is 13.3 Å². The summed E-state index contributed by atoms with van der Waals surface area (Å²) in [7, 11) is 0. The Kier molecular flexibility index (Phi) is 3.15. The van der Waals surface area contributed by atoms with E-state index in [1.807, 2.05) is 25.1 Å². The van der Waals surface area contributed by atoms with Crippen LogP contribution in [0.3, 0.4) is 0 Å². The molecule has 2 amide bonds. The zero-order valence-corrected chi connectivity index (χ0v) is 13.8. The summed E-state index contributed by atoms with van der Waals surface area (Å²) in [5, 5.41) is 3.23. The van der Waals surface area contributed by atoms with Crippen molar-refractivity contribution >= 4 is 33.4 Å². The molecule has 22 heavy (non-hydrogen) atoms. The molecule has 2 aliphatic carbocycles. The van der Waals surface area contributed by atoms with E-state index in [4.69, 9.17) is 0 Å². The van der Waals surface area contributed by atoms with Gasteiger partial charge < -0.3 is 5.32 Å². The van der Waals surface area contributed by atoms with E-state index in [1.54, 1.807) is 0 Å². The van der Waals surface area contributed by atoms with E-state index in [9.17, 15) is 9.59 Å². The number of halogens is 1. The van der Waals surface area contributed by atoms with Crippen LogP contribution in [0.15, 0.2) is 34.8 Å². The number of benzene rings is 1. The second-order valence-corrected chi connectivity index (χ2v) is 7.31. The minimum atomic E-state index is -0.115. The molecule has 1 saturated carbocycles. The zero-order chi connectivity index (χ0) is 15.4. The first-order chi connectivity index (χ1) is 10.6. The SMILES string of the molecule is Cc1cc(Br)ccc1NCN1C(=O)[C@@H]2[C@H](C1=O)[C@H]1C=C[C@H]2C1. The predicted molar refractivity (Wildman–Crippen MR) is 86.9 cm³/mol. The first kappa shape index (κ1) is 14.0. The van der Waals surface area contributed by atoms with Gasteiger partial charge in [-0.3, -0.25) is 14.5 Å². The van der Waals surface area contributed by atoms with E-state index >= 15 is 0 Å². The number of imide groups is 1. The van der Waals surface area contributed by atoms with Crippen LogP contribution in [-0.4, -0.2) is 23.4 Å². The number of likely N-dealkylation sites (tertiary alicyclic amines) is 1. The van der Waals surface area contributed by atoms with E-state index < -0.39 is 0 Å². The fourth-order valence-corrected chi connectivity index (χ4v) is 4.59. The number of hydrogen-bond acceptors (Lipinski definition) is 3. The summed E-state index contributed by atoms with van der Waals surface area (Å²) in [6.07, 6.45) is 5.21. The number of anilines is 1. The van der Waals surface area contributed by atoms with Gasteiger partial charge in [0.25, 0.3) is 0 Å². The van der Waals surface area contributed by atoms with Crippen LogP contribution in [0.25, 0.3) is 0 Å². The Bertz CT molecular complexity index is 670. The van der Waals surface area contributed by atoms with Crippen LogP contribution >= 0.6 is 15.9 Å². The molecule has 2 bridgehead atoms. The topological polar surface area (TPSA) is 49.4 Å². The molecule has 2 fully saturated rings. The average Bonchev–Trinajstić information content (AvgIpc) is 3.14. The molecule has 0 radical (unpaired) electrons. The molecule has 4 nitrogen and oxygen atoms in total. The van der Waals surface area contributed by atoms with Gasteiger partial charge >= 0.3 is 0 Å². The van der Waals surface area contributed by atoms with E-state index in [1.165, 1.54) is 4.90 Å². The van der Waals surface area contributed by atoms with Crippen molar-refractivity contribution in [1.29, 1.82) is 0 Å². The highest BCUT2D eigenvalue weighted by atomic mass is 79.9. The third-order valence-electron chi connectivity index (χ3n) is 5.18. The van der Waals surface area contributed by atoms with E-state index in [0.29, 0.717) is 0 Å². The smallest absolute Gasteiger partial charge is 0.235 e. The van der Waals surface area contributed by atoms with Crippen molar-refractivity contribution in [2.75, 3.05) is 12.0 Å². The maximum absolute atomic E-state index is 12.6. The van der Waals surface area contributed by atoms with Crippen molar-refractivity contribution in [3.8, 4) is 0 Å². The highest BCUT2D eigenvalue weighted by molar-refractivity contribution is 9.10. The van der Waals surface area contributed by atoms with Gasteiger partial charge in [0.15, 0.2) is 0 Å². The molecule has 0 unspecified atom stereocenters. The minimum Gasteiger partial charge on any atom is -0.367 e. The number of amides is 2. The summed E-state index contributed by atoms with van der Waals surface area (Å²) >= 11 is 3.43. The summed E-state index contributed by atoms with van der Waals surface area (Å²) < 4.78 is 1.01. The van der Waals surface area contributed by atoms with Crippen molar-refractivity contribution in [3.63, 3.8) is 0 Å². The normalized spacial score (nSPS) is 32.0. The number of nitrogens with zero attached hydrogens (tertiary/aromatic N) is 1. The molecule has 1 aromatic rings. The van der Waals surface area contributed by atoms with Gasteiger partial charge in [0.1, 0.15) is 0 Å². The lowest BCUT2D eigenvalue weighted by atomic mass is 9.85. The molecule has 3 aliphatic rings. The predicted octanol–water partition coefficient (Wildman–Crippen LogP) is 2.93. The minimum absolute atomic E-state index is 0.00545. The molecular weight excluding hydrogens is 344 g/mol. The molecule has 1 aliphatic heterocycles. The second-order valence-electron chi connectivity index (χ2n) is 6.40. The zero-order valence-electron chi connectivity index (χ0n) is 12.3. The quantitative estimate of drug-likeness (QED) is 0.665. The van der Waals surface area contributed by atoms with Gasteiger partial charge in [-0.2, -0.15) is 0 Å². The van der Waals surface area contributed by atoms with Crippen LogP contribution < -0.4 is 5.32 Å². The van der Waals surface area contributed by atoms with Gasteiger partial charge in [0.05, 0.1) is 18.5 Å². The van der Waals surface area contributed by atoms with Gasteiger partial charge in [0, 0.05) is 10.2 Å². The Balaban J connectivity index is 1.50. The Labute approximate surface area is 137 Å². The van der Waals surface area contributed by atoms with Crippen LogP contribution in [0.4, 0.5) is 5.69 Å². The molecular formula is C17H17BrN2O2. The van der Waals surface area contributed by atoms with Crippen molar-refractivity contribution in [2.24, 2.45) is 23.7 Å². The maximum Gasteiger partial charge on any atom is 0.235 e. The number of aryl methyl sites for hydroxylation is 1. The monoisotopic (exact) mass is 360 g/mol. The molecule has 1 N–H and O–H groups in total. The summed E-state index contributed by atoms with van der Waals surface area (Å²) in [4.78, 5) is 26.5. The molecule has 0 spiro atoms. The molecule has 1 heterocycles. The fourth-order valence-electron chi connectivity index (χ4n) is 4.11. The number of hydrogen-bond donors (Lipinski definition) is 1. The van der Waals surface area contributed by atoms with Gasteiger partial charge in [0.2, 0.25) is 11.8 Å². The van der Waals surface area contributed by atoms with E-state index in [0.717, 1.165) is 22.1 Å². The summed E-state index contributed by atoms with van der Waals surface area (Å²) in [5.74, 6) is 0.297. The summed E-state index contributed by atoms with van der Waals surface area (Å²) in [5.41, 5.74) is 2.03. The average molecular weight is 361 g/mol. The third kappa shape index (κ3) is 1.95. The van der Waals surface area contributed by atoms with E-state index in [2.05, 4.69) is 33.4 Å². The molecule has 114 valence electrons. The molecule has 4 atom stereocenters. The van der Waals surface area contributed by atoms with Gasteiger partial charge in [-0.1, -0.05) is 28.1 Å². The third-order valence-corrected chi connectivity index (χ3v) is 5.67. The number of carbonyl (C=O) groups excluding carboxylic acids is 2. The van der Waals surface area contributed by atoms with Crippen LogP contribution in [0.1, 0.15) is 12.0 Å². The van der Waals surface area contributed by atoms with Gasteiger partial charge in [-0.05, 0) is 48.9 Å². The lowest BCUT2D eigenvalue weighted by Crippen LogP contribution is -2.37. The number of rotatable bonds is 3. The highest BCUT2D eigenvalue weighted by Gasteiger charge is 2.59. The highest BCUT2D eigenvalue weighted by Crippen LogP contribution is 2.52. The summed E-state index contributed by atoms with van der Waals surface area (Å²) in [6.45, 7) is 2.26. The van der Waals surface area contributed by atoms with Crippen LogP contribution in [0.5, 0.6) is 0 Å². The Hall–Kier alpha value is -1.62. The van der Waals surface area contributed by atoms with Crippen LogP contribution in [0.2, 0.25) is 0 Å². The Morgan fingerprint density at radius 1 is 1.18 bits per heavy atom. The molecule has 5 heteroatoms. The number of nitrogens with one attached hydrogen (secondary N) is 1. The molecule has 1 aromatic carbocycles. The largest absolute Gasteiger partial charge is 0.367 e. The second kappa shape index (κ2) is 4.95. The lowest BCUT2D eigenvalue weighted by molar-refractivity contribution is -0.140. The Morgan fingerprint density at radius 3 is 2.41 bits per heavy atom. The molecule has 0 aromatic heterocycles. The summed E-state index contributed by atoms with van der Waals surface area (Å²) in [6, 6.07) is 5.91.